The molecule has 0 saturated heterocycles. The highest BCUT2D eigenvalue weighted by atomic mass is 16.3. The van der Waals surface area contributed by atoms with Gasteiger partial charge in [-0.05, 0) is 37.2 Å². The molecule has 144 valence electrons. The molecule has 3 aromatic rings. The molecule has 2 aromatic heterocycles. The van der Waals surface area contributed by atoms with E-state index in [1.807, 2.05) is 0 Å². The van der Waals surface area contributed by atoms with Crippen molar-refractivity contribution in [2.75, 3.05) is 17.2 Å². The Morgan fingerprint density at radius 2 is 2.04 bits per heavy atom. The van der Waals surface area contributed by atoms with Crippen molar-refractivity contribution in [2.24, 2.45) is 11.5 Å². The molecule has 0 bridgehead atoms. The minimum absolute atomic E-state index is 0.0243. The van der Waals surface area contributed by atoms with Crippen LogP contribution in [0.5, 0.6) is 0 Å². The first-order valence-corrected chi connectivity index (χ1v) is 8.46. The fraction of sp³-hybridized carbons (Fsp3) is 0.167. The number of hydrogen-bond acceptors (Lipinski definition) is 9. The summed E-state index contributed by atoms with van der Waals surface area (Å²) in [5.41, 5.74) is 12.3. The van der Waals surface area contributed by atoms with Gasteiger partial charge < -0.3 is 31.3 Å². The van der Waals surface area contributed by atoms with E-state index in [2.05, 4.69) is 25.6 Å². The second-order valence-electron chi connectivity index (χ2n) is 5.82. The fourth-order valence-corrected chi connectivity index (χ4v) is 2.47. The third-order valence-electron chi connectivity index (χ3n) is 3.81. The Hall–Kier alpha value is -3.79. The Morgan fingerprint density at radius 3 is 2.64 bits per heavy atom. The van der Waals surface area contributed by atoms with Crippen LogP contribution in [0.15, 0.2) is 47.3 Å². The lowest BCUT2D eigenvalue weighted by Gasteiger charge is -2.14. The van der Waals surface area contributed by atoms with Crippen LogP contribution in [0.2, 0.25) is 0 Å². The number of hydrogen-bond donors (Lipinski definition) is 4. The van der Waals surface area contributed by atoms with Gasteiger partial charge in [-0.2, -0.15) is 0 Å². The van der Waals surface area contributed by atoms with Crippen molar-refractivity contribution in [1.29, 1.82) is 0 Å². The zero-order valence-corrected chi connectivity index (χ0v) is 14.8. The monoisotopic (exact) mass is 381 g/mol. The van der Waals surface area contributed by atoms with Gasteiger partial charge in [0.15, 0.2) is 11.5 Å². The maximum absolute atomic E-state index is 11.7. The molecule has 0 saturated carbocycles. The van der Waals surface area contributed by atoms with Crippen LogP contribution in [0.25, 0.3) is 11.5 Å². The van der Waals surface area contributed by atoms with Gasteiger partial charge in [0, 0.05) is 11.3 Å². The molecule has 1 amide bonds. The van der Waals surface area contributed by atoms with Gasteiger partial charge in [-0.15, -0.1) is 0 Å². The molecule has 10 nitrogen and oxygen atoms in total. The summed E-state index contributed by atoms with van der Waals surface area (Å²) >= 11 is 0. The predicted octanol–water partition coefficient (Wildman–Crippen LogP) is 1.30. The summed E-state index contributed by atoms with van der Waals surface area (Å²) in [6, 6.07) is 6.64. The molecule has 1 aromatic carbocycles. The molecule has 0 aliphatic rings. The second kappa shape index (κ2) is 8.73. The van der Waals surface area contributed by atoms with Crippen LogP contribution in [0.4, 0.5) is 17.3 Å². The minimum Gasteiger partial charge on any atom is -0.445 e. The third kappa shape index (κ3) is 4.48. The number of oxazole rings is 1. The summed E-state index contributed by atoms with van der Waals surface area (Å²) in [5.74, 6) is 0.246. The molecule has 0 aliphatic carbocycles. The third-order valence-corrected chi connectivity index (χ3v) is 3.81. The van der Waals surface area contributed by atoms with E-state index in [1.54, 1.807) is 30.5 Å². The Balaban J connectivity index is 1.83. The van der Waals surface area contributed by atoms with Crippen molar-refractivity contribution >= 4 is 29.5 Å². The summed E-state index contributed by atoms with van der Waals surface area (Å²) in [6.45, 7) is 0.338. The number of nitrogens with two attached hydrogens (primary N) is 2. The van der Waals surface area contributed by atoms with E-state index >= 15 is 0 Å². The minimum atomic E-state index is -0.730. The van der Waals surface area contributed by atoms with Crippen molar-refractivity contribution in [3.8, 4) is 11.5 Å². The van der Waals surface area contributed by atoms with Gasteiger partial charge in [0.2, 0.25) is 5.89 Å². The van der Waals surface area contributed by atoms with Crippen LogP contribution in [0, 0.1) is 0 Å². The first kappa shape index (κ1) is 19.0. The van der Waals surface area contributed by atoms with Crippen LogP contribution in [0.3, 0.4) is 0 Å². The molecule has 10 heteroatoms. The zero-order chi connectivity index (χ0) is 19.9. The van der Waals surface area contributed by atoms with E-state index < -0.39 is 11.9 Å². The van der Waals surface area contributed by atoms with E-state index in [0.717, 1.165) is 11.8 Å². The van der Waals surface area contributed by atoms with Crippen molar-refractivity contribution in [3.05, 3.63) is 48.6 Å². The van der Waals surface area contributed by atoms with Crippen LogP contribution in [-0.2, 0) is 4.79 Å². The fourth-order valence-electron chi connectivity index (χ4n) is 2.47. The average molecular weight is 381 g/mol. The Kier molecular flexibility index (Phi) is 5.92. The van der Waals surface area contributed by atoms with Crippen LogP contribution in [0.1, 0.15) is 16.9 Å². The number of carbonyl (C=O) groups is 2. The number of anilines is 3. The standard InChI is InChI=1S/C18H19N7O3/c19-6-5-13(10-26)23-14-9-22-15(16(20)27)17(25-14)24-12-3-1-11(2-4-12)18-21-7-8-28-18/h1-4,7-10,13H,5-6,19H2,(H2,20,27)(H2,23,24,25). The number of benzene rings is 1. The first-order chi connectivity index (χ1) is 13.6. The number of aromatic nitrogens is 3. The predicted molar refractivity (Wildman–Crippen MR) is 103 cm³/mol. The van der Waals surface area contributed by atoms with Crippen LogP contribution < -0.4 is 22.1 Å². The highest BCUT2D eigenvalue weighted by Gasteiger charge is 2.15. The summed E-state index contributed by atoms with van der Waals surface area (Å²) in [6.07, 6.45) is 5.57. The molecule has 1 unspecified atom stereocenters. The van der Waals surface area contributed by atoms with Crippen molar-refractivity contribution < 1.29 is 14.0 Å². The quantitative estimate of drug-likeness (QED) is 0.400. The van der Waals surface area contributed by atoms with E-state index in [9.17, 15) is 9.59 Å². The Labute approximate surface area is 160 Å². The van der Waals surface area contributed by atoms with Gasteiger partial charge in [-0.25, -0.2) is 15.0 Å². The van der Waals surface area contributed by atoms with Crippen LogP contribution >= 0.6 is 0 Å². The molecule has 6 N–H and O–H groups in total. The largest absolute Gasteiger partial charge is 0.445 e. The van der Waals surface area contributed by atoms with Crippen molar-refractivity contribution in [1.82, 2.24) is 15.0 Å². The number of nitrogens with one attached hydrogen (secondary N) is 2. The Bertz CT molecular complexity index is 942. The molecule has 3 rings (SSSR count). The van der Waals surface area contributed by atoms with Gasteiger partial charge in [-0.1, -0.05) is 0 Å². The smallest absolute Gasteiger partial charge is 0.271 e. The summed E-state index contributed by atoms with van der Waals surface area (Å²) in [7, 11) is 0. The molecule has 0 radical (unpaired) electrons. The molecule has 0 fully saturated rings. The van der Waals surface area contributed by atoms with Gasteiger partial charge >= 0.3 is 0 Å². The number of aldehydes is 1. The Morgan fingerprint density at radius 1 is 1.25 bits per heavy atom. The van der Waals surface area contributed by atoms with Gasteiger partial charge in [-0.3, -0.25) is 4.79 Å². The van der Waals surface area contributed by atoms with Crippen molar-refractivity contribution in [2.45, 2.75) is 12.5 Å². The summed E-state index contributed by atoms with van der Waals surface area (Å²) in [5, 5.41) is 5.93. The molecule has 0 aliphatic heterocycles. The van der Waals surface area contributed by atoms with Gasteiger partial charge in [0.25, 0.3) is 5.91 Å². The number of primary amides is 1. The summed E-state index contributed by atoms with van der Waals surface area (Å²) < 4.78 is 5.25. The van der Waals surface area contributed by atoms with E-state index in [1.165, 1.54) is 12.5 Å². The lowest BCUT2D eigenvalue weighted by Crippen LogP contribution is -2.25. The number of rotatable bonds is 9. The zero-order valence-electron chi connectivity index (χ0n) is 14.8. The number of nitrogens with zero attached hydrogens (tertiary/aromatic N) is 3. The van der Waals surface area contributed by atoms with E-state index in [-0.39, 0.29) is 11.5 Å². The van der Waals surface area contributed by atoms with E-state index in [4.69, 9.17) is 15.9 Å². The SMILES string of the molecule is NCCC(C=O)Nc1cnc(C(N)=O)c(Nc2ccc(-c3ncco3)cc2)n1. The summed E-state index contributed by atoms with van der Waals surface area (Å²) in [4.78, 5) is 35.2. The topological polar surface area (TPSA) is 162 Å². The number of carbonyl (C=O) groups excluding carboxylic acids is 2. The maximum Gasteiger partial charge on any atom is 0.271 e. The van der Waals surface area contributed by atoms with Crippen LogP contribution in [-0.4, -0.2) is 39.7 Å². The van der Waals surface area contributed by atoms with Gasteiger partial charge in [0.1, 0.15) is 18.4 Å². The molecule has 28 heavy (non-hydrogen) atoms. The maximum atomic E-state index is 11.7. The average Bonchev–Trinajstić information content (AvgIpc) is 3.23. The lowest BCUT2D eigenvalue weighted by atomic mass is 10.2. The first-order valence-electron chi connectivity index (χ1n) is 8.46. The van der Waals surface area contributed by atoms with E-state index in [0.29, 0.717) is 30.4 Å². The normalized spacial score (nSPS) is 11.6. The highest BCUT2D eigenvalue weighted by Crippen LogP contribution is 2.23. The molecular formula is C18H19N7O3. The van der Waals surface area contributed by atoms with Crippen molar-refractivity contribution in [3.63, 3.8) is 0 Å². The number of amides is 1. The lowest BCUT2D eigenvalue weighted by molar-refractivity contribution is -0.108. The highest BCUT2D eigenvalue weighted by molar-refractivity contribution is 5.96. The molecular weight excluding hydrogens is 362 g/mol. The molecule has 1 atom stereocenters. The van der Waals surface area contributed by atoms with Gasteiger partial charge in [0.05, 0.1) is 18.4 Å². The molecule has 2 heterocycles. The molecule has 0 spiro atoms. The second-order valence-corrected chi connectivity index (χ2v) is 5.82.